The van der Waals surface area contributed by atoms with E-state index in [1.54, 1.807) is 7.11 Å². The number of rotatable bonds is 3. The minimum absolute atomic E-state index is 0.194. The molecule has 0 aliphatic heterocycles. The summed E-state index contributed by atoms with van der Waals surface area (Å²) in [5, 5.41) is 0.194. The van der Waals surface area contributed by atoms with E-state index in [2.05, 4.69) is 56.5 Å². The Bertz CT molecular complexity index is 397. The molecular formula is C13H21IO2Si. The molecule has 0 bridgehead atoms. The first kappa shape index (κ1) is 14.8. The van der Waals surface area contributed by atoms with Gasteiger partial charge in [0.15, 0.2) is 5.75 Å². The second-order valence-corrected chi connectivity index (χ2v) is 11.6. The Balaban J connectivity index is 3.06. The van der Waals surface area contributed by atoms with Crippen molar-refractivity contribution in [2.75, 3.05) is 7.11 Å². The fourth-order valence-electron chi connectivity index (χ4n) is 1.16. The quantitative estimate of drug-likeness (QED) is 0.573. The molecule has 0 saturated carbocycles. The van der Waals surface area contributed by atoms with Crippen molar-refractivity contribution in [2.45, 2.75) is 38.9 Å². The molecule has 1 aromatic rings. The monoisotopic (exact) mass is 364 g/mol. The van der Waals surface area contributed by atoms with Crippen molar-refractivity contribution in [3.8, 4) is 11.5 Å². The predicted octanol–water partition coefficient (Wildman–Crippen LogP) is 4.68. The van der Waals surface area contributed by atoms with E-state index in [0.29, 0.717) is 0 Å². The molecular weight excluding hydrogens is 343 g/mol. The molecule has 1 rings (SSSR count). The van der Waals surface area contributed by atoms with E-state index in [1.807, 2.05) is 18.2 Å². The third-order valence-electron chi connectivity index (χ3n) is 3.30. The van der Waals surface area contributed by atoms with Crippen molar-refractivity contribution in [3.05, 3.63) is 21.8 Å². The number of ether oxygens (including phenoxy) is 1. The molecule has 96 valence electrons. The summed E-state index contributed by atoms with van der Waals surface area (Å²) < 4.78 is 12.8. The van der Waals surface area contributed by atoms with Gasteiger partial charge in [0.2, 0.25) is 0 Å². The molecule has 0 fully saturated rings. The zero-order chi connectivity index (χ0) is 13.3. The summed E-state index contributed by atoms with van der Waals surface area (Å²) in [6.45, 7) is 11.2. The van der Waals surface area contributed by atoms with Gasteiger partial charge in [0.25, 0.3) is 8.32 Å². The van der Waals surface area contributed by atoms with Crippen molar-refractivity contribution < 1.29 is 9.16 Å². The molecule has 0 atom stereocenters. The van der Waals surface area contributed by atoms with Gasteiger partial charge in [-0.2, -0.15) is 0 Å². The van der Waals surface area contributed by atoms with Crippen LogP contribution in [-0.2, 0) is 0 Å². The lowest BCUT2D eigenvalue weighted by molar-refractivity contribution is 0.385. The van der Waals surface area contributed by atoms with Crippen LogP contribution in [0.5, 0.6) is 11.5 Å². The fourth-order valence-corrected chi connectivity index (χ4v) is 2.64. The topological polar surface area (TPSA) is 18.5 Å². The van der Waals surface area contributed by atoms with Crippen molar-refractivity contribution in [1.82, 2.24) is 0 Å². The van der Waals surface area contributed by atoms with E-state index >= 15 is 0 Å². The lowest BCUT2D eigenvalue weighted by Gasteiger charge is -2.36. The van der Waals surface area contributed by atoms with Gasteiger partial charge in [0.05, 0.1) is 7.11 Å². The lowest BCUT2D eigenvalue weighted by Crippen LogP contribution is -2.43. The molecule has 1 aromatic carbocycles. The van der Waals surface area contributed by atoms with E-state index in [1.165, 1.54) is 0 Å². The second-order valence-electron chi connectivity index (χ2n) is 5.66. The first-order chi connectivity index (χ1) is 7.67. The largest absolute Gasteiger partial charge is 0.541 e. The maximum atomic E-state index is 6.28. The zero-order valence-corrected chi connectivity index (χ0v) is 14.6. The highest BCUT2D eigenvalue weighted by molar-refractivity contribution is 14.1. The Morgan fingerprint density at radius 3 is 2.18 bits per heavy atom. The van der Waals surface area contributed by atoms with E-state index in [4.69, 9.17) is 9.16 Å². The molecule has 0 saturated heterocycles. The van der Waals surface area contributed by atoms with Crippen molar-refractivity contribution >= 4 is 30.9 Å². The molecule has 0 N–H and O–H groups in total. The Morgan fingerprint density at radius 1 is 1.12 bits per heavy atom. The molecule has 0 aliphatic carbocycles. The van der Waals surface area contributed by atoms with Gasteiger partial charge in [-0.05, 0) is 58.9 Å². The molecule has 0 aromatic heterocycles. The van der Waals surface area contributed by atoms with Gasteiger partial charge in [-0.1, -0.05) is 20.8 Å². The third kappa shape index (κ3) is 3.61. The maximum absolute atomic E-state index is 6.28. The van der Waals surface area contributed by atoms with Crippen LogP contribution in [0.1, 0.15) is 20.8 Å². The van der Waals surface area contributed by atoms with Crippen molar-refractivity contribution in [2.24, 2.45) is 0 Å². The van der Waals surface area contributed by atoms with Gasteiger partial charge >= 0.3 is 0 Å². The highest BCUT2D eigenvalue weighted by Crippen LogP contribution is 2.40. The summed E-state index contributed by atoms with van der Waals surface area (Å²) in [6, 6.07) is 6.03. The standard InChI is InChI=1S/C13H21IO2Si/c1-13(2,3)17(5,6)16-12-9-10(14)7-8-11(12)15-4/h7-9H,1-6H3. The molecule has 17 heavy (non-hydrogen) atoms. The second kappa shape index (κ2) is 5.18. The Morgan fingerprint density at radius 2 is 1.71 bits per heavy atom. The summed E-state index contributed by atoms with van der Waals surface area (Å²) in [5.74, 6) is 1.68. The average Bonchev–Trinajstić information content (AvgIpc) is 2.15. The van der Waals surface area contributed by atoms with Gasteiger partial charge in [-0.25, -0.2) is 0 Å². The minimum Gasteiger partial charge on any atom is -0.541 e. The number of hydrogen-bond acceptors (Lipinski definition) is 2. The normalized spacial score (nSPS) is 12.4. The summed E-state index contributed by atoms with van der Waals surface area (Å²) in [6.07, 6.45) is 0. The van der Waals surface area contributed by atoms with Gasteiger partial charge in [0.1, 0.15) is 5.75 Å². The van der Waals surface area contributed by atoms with Gasteiger partial charge < -0.3 is 9.16 Å². The van der Waals surface area contributed by atoms with Crippen LogP contribution in [-0.4, -0.2) is 15.4 Å². The SMILES string of the molecule is COc1ccc(I)cc1O[Si](C)(C)C(C)(C)C. The minimum atomic E-state index is -1.80. The smallest absolute Gasteiger partial charge is 0.250 e. The molecule has 0 unspecified atom stereocenters. The Labute approximate surface area is 119 Å². The Kier molecular flexibility index (Phi) is 4.52. The molecule has 0 radical (unpaired) electrons. The van der Waals surface area contributed by atoms with Crippen LogP contribution in [0.25, 0.3) is 0 Å². The average molecular weight is 364 g/mol. The van der Waals surface area contributed by atoms with Crippen molar-refractivity contribution in [3.63, 3.8) is 0 Å². The van der Waals surface area contributed by atoms with Crippen LogP contribution in [0.4, 0.5) is 0 Å². The first-order valence-corrected chi connectivity index (χ1v) is 9.68. The van der Waals surface area contributed by atoms with E-state index < -0.39 is 8.32 Å². The van der Waals surface area contributed by atoms with Gasteiger partial charge in [0, 0.05) is 3.57 Å². The van der Waals surface area contributed by atoms with Crippen LogP contribution in [0, 0.1) is 3.57 Å². The Hall–Kier alpha value is -0.233. The van der Waals surface area contributed by atoms with Crippen LogP contribution in [0.15, 0.2) is 18.2 Å². The maximum Gasteiger partial charge on any atom is 0.250 e. The molecule has 0 aliphatic rings. The summed E-state index contributed by atoms with van der Waals surface area (Å²) in [5.41, 5.74) is 0. The van der Waals surface area contributed by atoms with Crippen molar-refractivity contribution in [1.29, 1.82) is 0 Å². The number of hydrogen-bond donors (Lipinski definition) is 0. The molecule has 2 nitrogen and oxygen atoms in total. The number of methoxy groups -OCH3 is 1. The highest BCUT2D eigenvalue weighted by Gasteiger charge is 2.39. The van der Waals surface area contributed by atoms with E-state index in [0.717, 1.165) is 15.1 Å². The first-order valence-electron chi connectivity index (χ1n) is 5.70. The fraction of sp³-hybridized carbons (Fsp3) is 0.538. The predicted molar refractivity (Wildman–Crippen MR) is 83.5 cm³/mol. The third-order valence-corrected chi connectivity index (χ3v) is 8.31. The summed E-state index contributed by atoms with van der Waals surface area (Å²) >= 11 is 2.29. The van der Waals surface area contributed by atoms with Crippen LogP contribution < -0.4 is 9.16 Å². The number of halogens is 1. The van der Waals surface area contributed by atoms with Crippen LogP contribution in [0.3, 0.4) is 0 Å². The number of benzene rings is 1. The lowest BCUT2D eigenvalue weighted by atomic mass is 10.2. The van der Waals surface area contributed by atoms with E-state index in [9.17, 15) is 0 Å². The van der Waals surface area contributed by atoms with Gasteiger partial charge in [-0.3, -0.25) is 0 Å². The molecule has 0 spiro atoms. The summed E-state index contributed by atoms with van der Waals surface area (Å²) in [7, 11) is -0.118. The summed E-state index contributed by atoms with van der Waals surface area (Å²) in [4.78, 5) is 0. The van der Waals surface area contributed by atoms with E-state index in [-0.39, 0.29) is 5.04 Å². The van der Waals surface area contributed by atoms with Gasteiger partial charge in [-0.15, -0.1) is 0 Å². The molecule has 0 amide bonds. The zero-order valence-electron chi connectivity index (χ0n) is 11.4. The molecule has 0 heterocycles. The molecule has 4 heteroatoms. The highest BCUT2D eigenvalue weighted by atomic mass is 127. The van der Waals surface area contributed by atoms with Crippen LogP contribution >= 0.6 is 22.6 Å². The van der Waals surface area contributed by atoms with Crippen LogP contribution in [0.2, 0.25) is 18.1 Å².